The molecule has 2 aromatic carbocycles. The fraction of sp³-hybridized carbons (Fsp3) is 0.143. The van der Waals surface area contributed by atoms with E-state index in [0.29, 0.717) is 22.1 Å². The minimum Gasteiger partial charge on any atom is -0.496 e. The maximum Gasteiger partial charge on any atom is 0.281 e. The van der Waals surface area contributed by atoms with Crippen molar-refractivity contribution in [2.24, 2.45) is 7.05 Å². The number of benzene rings is 2. The van der Waals surface area contributed by atoms with E-state index in [9.17, 15) is 14.0 Å². The fourth-order valence-corrected chi connectivity index (χ4v) is 3.84. The number of hydrogen-bond donors (Lipinski definition) is 1. The van der Waals surface area contributed by atoms with Crippen LogP contribution in [0.1, 0.15) is 16.1 Å². The number of hydrogen-bond acceptors (Lipinski definition) is 6. The third kappa shape index (κ3) is 3.55. The maximum absolute atomic E-state index is 13.6. The van der Waals surface area contributed by atoms with Gasteiger partial charge in [0.25, 0.3) is 5.91 Å². The standard InChI is InChI=1S/C21H17FN4O3S/c1-11-4-7-17(29-3)13(8-11)15-10-30-21(23-15)24-20(28)18-19(27)14-9-12(22)5-6-16(14)26(2)25-18/h4-10H,1-3H3,(H,23,24,28). The molecule has 4 aromatic rings. The molecule has 0 aliphatic heterocycles. The van der Waals surface area contributed by atoms with E-state index in [1.54, 1.807) is 19.5 Å². The van der Waals surface area contributed by atoms with Gasteiger partial charge in [-0.25, -0.2) is 9.37 Å². The fourth-order valence-electron chi connectivity index (χ4n) is 3.13. The van der Waals surface area contributed by atoms with Crippen molar-refractivity contribution in [2.45, 2.75) is 6.92 Å². The number of nitrogens with zero attached hydrogens (tertiary/aromatic N) is 3. The zero-order chi connectivity index (χ0) is 21.4. The predicted octanol–water partition coefficient (Wildman–Crippen LogP) is 3.77. The molecule has 0 radical (unpaired) electrons. The number of amides is 1. The molecule has 0 saturated heterocycles. The van der Waals surface area contributed by atoms with Crippen LogP contribution >= 0.6 is 11.3 Å². The van der Waals surface area contributed by atoms with Gasteiger partial charge in [0.1, 0.15) is 11.6 Å². The number of nitrogens with one attached hydrogen (secondary N) is 1. The van der Waals surface area contributed by atoms with E-state index in [1.807, 2.05) is 25.1 Å². The summed E-state index contributed by atoms with van der Waals surface area (Å²) >= 11 is 1.21. The first-order chi connectivity index (χ1) is 14.4. The second-order valence-electron chi connectivity index (χ2n) is 6.66. The van der Waals surface area contributed by atoms with E-state index in [0.717, 1.165) is 17.2 Å². The zero-order valence-electron chi connectivity index (χ0n) is 16.4. The summed E-state index contributed by atoms with van der Waals surface area (Å²) in [5.41, 5.74) is 1.93. The number of fused-ring (bicyclic) bond motifs is 1. The van der Waals surface area contributed by atoms with Gasteiger partial charge < -0.3 is 4.74 Å². The van der Waals surface area contributed by atoms with Gasteiger partial charge in [0.2, 0.25) is 5.43 Å². The third-order valence-electron chi connectivity index (χ3n) is 4.59. The highest BCUT2D eigenvalue weighted by molar-refractivity contribution is 7.14. The molecule has 0 spiro atoms. The molecule has 0 fully saturated rings. The van der Waals surface area contributed by atoms with E-state index in [-0.39, 0.29) is 11.1 Å². The summed E-state index contributed by atoms with van der Waals surface area (Å²) in [6.07, 6.45) is 0. The number of anilines is 1. The van der Waals surface area contributed by atoms with Crippen LogP contribution in [0.15, 0.2) is 46.6 Å². The molecule has 1 N–H and O–H groups in total. The second-order valence-corrected chi connectivity index (χ2v) is 7.52. The van der Waals surface area contributed by atoms with Gasteiger partial charge >= 0.3 is 0 Å². The number of thiazole rings is 1. The Morgan fingerprint density at radius 3 is 2.80 bits per heavy atom. The lowest BCUT2D eigenvalue weighted by molar-refractivity contribution is 0.101. The molecule has 9 heteroatoms. The monoisotopic (exact) mass is 424 g/mol. The van der Waals surface area contributed by atoms with Gasteiger partial charge in [-0.15, -0.1) is 11.3 Å². The predicted molar refractivity (Wildman–Crippen MR) is 114 cm³/mol. The number of aromatic nitrogens is 3. The molecular weight excluding hydrogens is 407 g/mol. The highest BCUT2D eigenvalue weighted by Crippen LogP contribution is 2.33. The van der Waals surface area contributed by atoms with Crippen molar-refractivity contribution in [3.8, 4) is 17.0 Å². The topological polar surface area (TPSA) is 86.1 Å². The Morgan fingerprint density at radius 1 is 1.23 bits per heavy atom. The van der Waals surface area contributed by atoms with Crippen LogP contribution < -0.4 is 15.5 Å². The average molecular weight is 424 g/mol. The van der Waals surface area contributed by atoms with Gasteiger partial charge in [0.15, 0.2) is 10.8 Å². The van der Waals surface area contributed by atoms with Crippen LogP contribution in [0.3, 0.4) is 0 Å². The Morgan fingerprint density at radius 2 is 2.03 bits per heavy atom. The van der Waals surface area contributed by atoms with Gasteiger partial charge in [-0.2, -0.15) is 5.10 Å². The first-order valence-electron chi connectivity index (χ1n) is 8.96. The molecule has 0 bridgehead atoms. The van der Waals surface area contributed by atoms with Crippen molar-refractivity contribution in [2.75, 3.05) is 12.4 Å². The summed E-state index contributed by atoms with van der Waals surface area (Å²) in [6.45, 7) is 1.96. The maximum atomic E-state index is 13.6. The van der Waals surface area contributed by atoms with Crippen molar-refractivity contribution >= 4 is 33.3 Å². The molecule has 0 aliphatic rings. The lowest BCUT2D eigenvalue weighted by atomic mass is 10.1. The number of halogens is 1. The lowest BCUT2D eigenvalue weighted by Gasteiger charge is -2.08. The lowest BCUT2D eigenvalue weighted by Crippen LogP contribution is -2.26. The van der Waals surface area contributed by atoms with Crippen LogP contribution in [-0.2, 0) is 7.05 Å². The van der Waals surface area contributed by atoms with Crippen LogP contribution in [0.2, 0.25) is 0 Å². The smallest absolute Gasteiger partial charge is 0.281 e. The first-order valence-corrected chi connectivity index (χ1v) is 9.84. The molecule has 2 aromatic heterocycles. The van der Waals surface area contributed by atoms with Crippen molar-refractivity contribution < 1.29 is 13.9 Å². The second kappa shape index (κ2) is 7.68. The average Bonchev–Trinajstić information content (AvgIpc) is 3.18. The number of ether oxygens (including phenoxy) is 1. The van der Waals surface area contributed by atoms with Crippen LogP contribution in [0, 0.1) is 12.7 Å². The summed E-state index contributed by atoms with van der Waals surface area (Å²) in [5.74, 6) is -0.608. The molecule has 0 saturated carbocycles. The highest BCUT2D eigenvalue weighted by Gasteiger charge is 2.19. The molecular formula is C21H17FN4O3S. The molecule has 0 unspecified atom stereocenters. The van der Waals surface area contributed by atoms with Gasteiger partial charge in [0, 0.05) is 18.0 Å². The number of rotatable bonds is 4. The first kappa shape index (κ1) is 19.7. The van der Waals surface area contributed by atoms with Crippen LogP contribution in [0.5, 0.6) is 5.75 Å². The number of carbonyl (C=O) groups excluding carboxylic acids is 1. The number of methoxy groups -OCH3 is 1. The molecule has 1 amide bonds. The Labute approximate surface area is 174 Å². The largest absolute Gasteiger partial charge is 0.496 e. The van der Waals surface area contributed by atoms with Crippen LogP contribution in [0.25, 0.3) is 22.2 Å². The normalized spacial score (nSPS) is 10.9. The van der Waals surface area contributed by atoms with E-state index < -0.39 is 17.2 Å². The van der Waals surface area contributed by atoms with E-state index in [2.05, 4.69) is 15.4 Å². The SMILES string of the molecule is COc1ccc(C)cc1-c1csc(NC(=O)c2nn(C)c3ccc(F)cc3c2=O)n1. The van der Waals surface area contributed by atoms with Gasteiger partial charge in [-0.05, 0) is 37.3 Å². The Bertz CT molecular complexity index is 1350. The zero-order valence-corrected chi connectivity index (χ0v) is 17.2. The Hall–Kier alpha value is -3.59. The summed E-state index contributed by atoms with van der Waals surface area (Å²) in [5, 5.41) is 8.84. The van der Waals surface area contributed by atoms with Gasteiger partial charge in [-0.1, -0.05) is 11.6 Å². The van der Waals surface area contributed by atoms with E-state index >= 15 is 0 Å². The van der Waals surface area contributed by atoms with Crippen LogP contribution in [0.4, 0.5) is 9.52 Å². The molecule has 4 rings (SSSR count). The quantitative estimate of drug-likeness (QED) is 0.539. The molecule has 0 atom stereocenters. The highest BCUT2D eigenvalue weighted by atomic mass is 32.1. The van der Waals surface area contributed by atoms with Crippen molar-refractivity contribution in [3.63, 3.8) is 0 Å². The van der Waals surface area contributed by atoms with Crippen molar-refractivity contribution in [1.82, 2.24) is 14.8 Å². The summed E-state index contributed by atoms with van der Waals surface area (Å²) in [7, 11) is 3.16. The molecule has 7 nitrogen and oxygen atoms in total. The molecule has 30 heavy (non-hydrogen) atoms. The summed E-state index contributed by atoms with van der Waals surface area (Å²) in [6, 6.07) is 9.50. The molecule has 2 heterocycles. The van der Waals surface area contributed by atoms with E-state index in [4.69, 9.17) is 4.74 Å². The summed E-state index contributed by atoms with van der Waals surface area (Å²) in [4.78, 5) is 29.8. The minimum atomic E-state index is -0.709. The van der Waals surface area contributed by atoms with E-state index in [1.165, 1.54) is 28.2 Å². The molecule has 0 aliphatic carbocycles. The minimum absolute atomic E-state index is 0.0852. The Balaban J connectivity index is 1.67. The van der Waals surface area contributed by atoms with Gasteiger partial charge in [0.05, 0.1) is 23.7 Å². The molecule has 152 valence electrons. The number of aryl methyl sites for hydroxylation is 2. The van der Waals surface area contributed by atoms with Crippen molar-refractivity contribution in [3.05, 3.63) is 69.1 Å². The third-order valence-corrected chi connectivity index (χ3v) is 5.35. The Kier molecular flexibility index (Phi) is 5.04. The van der Waals surface area contributed by atoms with Gasteiger partial charge in [-0.3, -0.25) is 19.6 Å². The number of carbonyl (C=O) groups is 1. The summed E-state index contributed by atoms with van der Waals surface area (Å²) < 4.78 is 20.4. The van der Waals surface area contributed by atoms with Crippen LogP contribution in [-0.4, -0.2) is 27.8 Å². The van der Waals surface area contributed by atoms with Crippen molar-refractivity contribution in [1.29, 1.82) is 0 Å².